The average Bonchev–Trinajstić information content (AvgIpc) is 2.48. The van der Waals surface area contributed by atoms with E-state index in [-0.39, 0.29) is 0 Å². The summed E-state index contributed by atoms with van der Waals surface area (Å²) >= 11 is 0. The van der Waals surface area contributed by atoms with Crippen molar-refractivity contribution in [3.63, 3.8) is 0 Å². The van der Waals surface area contributed by atoms with Gasteiger partial charge in [0.05, 0.1) is 8.80 Å². The number of hydrogen-bond acceptors (Lipinski definition) is 0. The summed E-state index contributed by atoms with van der Waals surface area (Å²) < 4.78 is 0. The molecule has 1 heteroatoms. The maximum Gasteiger partial charge on any atom is 0.0595 e. The van der Waals surface area contributed by atoms with Crippen molar-refractivity contribution in [2.24, 2.45) is 0 Å². The second-order valence-corrected chi connectivity index (χ2v) is 7.25. The van der Waals surface area contributed by atoms with Gasteiger partial charge in [-0.25, -0.2) is 0 Å². The molecule has 0 unspecified atom stereocenters. The Hall–Kier alpha value is -0.0431. The Bertz CT molecular complexity index is 168. The third-order valence-corrected chi connectivity index (χ3v) is 5.00. The summed E-state index contributed by atoms with van der Waals surface area (Å²) in [6.45, 7) is 7.25. The predicted octanol–water partition coefficient (Wildman–Crippen LogP) is 3.68. The van der Waals surface area contributed by atoms with Crippen LogP contribution in [-0.2, 0) is 0 Å². The number of hydrogen-bond donors (Lipinski definition) is 0. The van der Waals surface area contributed by atoms with Crippen molar-refractivity contribution in [3.05, 3.63) is 10.8 Å². The van der Waals surface area contributed by atoms with E-state index in [0.717, 1.165) is 0 Å². The molecule has 0 N–H and O–H groups in total. The molecule has 0 spiro atoms. The van der Waals surface area contributed by atoms with Crippen LogP contribution in [0.2, 0.25) is 13.1 Å². The first-order chi connectivity index (χ1) is 5.75. The molecule has 0 aromatic rings. The molecule has 0 saturated heterocycles. The molecule has 0 nitrogen and oxygen atoms in total. The minimum Gasteiger partial charge on any atom is -0.0854 e. The summed E-state index contributed by atoms with van der Waals surface area (Å²) in [7, 11) is -0.444. The fourth-order valence-electron chi connectivity index (χ4n) is 2.20. The summed E-state index contributed by atoms with van der Waals surface area (Å²) in [5, 5.41) is 1.92. The fourth-order valence-corrected chi connectivity index (χ4v) is 4.09. The van der Waals surface area contributed by atoms with Gasteiger partial charge in [-0.1, -0.05) is 37.2 Å². The van der Waals surface area contributed by atoms with Gasteiger partial charge in [0.25, 0.3) is 0 Å². The molecule has 70 valence electrons. The Morgan fingerprint density at radius 3 is 2.58 bits per heavy atom. The molecule has 0 amide bonds. The lowest BCUT2D eigenvalue weighted by atomic mass is 10.1. The van der Waals surface area contributed by atoms with E-state index in [0.29, 0.717) is 0 Å². The van der Waals surface area contributed by atoms with Gasteiger partial charge in [-0.05, 0) is 32.1 Å². The maximum absolute atomic E-state index is 2.48. The molecule has 1 rings (SSSR count). The van der Waals surface area contributed by atoms with E-state index in [1.165, 1.54) is 38.5 Å². The smallest absolute Gasteiger partial charge is 0.0595 e. The minimum atomic E-state index is -0.444. The average molecular weight is 182 g/mol. The molecule has 0 atom stereocenters. The van der Waals surface area contributed by atoms with Gasteiger partial charge in [0, 0.05) is 0 Å². The van der Waals surface area contributed by atoms with Crippen LogP contribution in [-0.4, -0.2) is 8.80 Å². The summed E-state index contributed by atoms with van der Waals surface area (Å²) in [5.74, 6) is 0. The molecule has 0 fully saturated rings. The second kappa shape index (κ2) is 4.86. The second-order valence-electron chi connectivity index (χ2n) is 4.24. The van der Waals surface area contributed by atoms with Crippen LogP contribution in [0.5, 0.6) is 0 Å². The van der Waals surface area contributed by atoms with E-state index >= 15 is 0 Å². The molecule has 0 aromatic heterocycles. The minimum absolute atomic E-state index is 0.444. The van der Waals surface area contributed by atoms with Crippen LogP contribution in [0.15, 0.2) is 10.8 Å². The molecule has 1 aliphatic rings. The SMILES string of the molecule is CCCCC1=C([SiH](C)C)CCC1. The normalized spacial score (nSPS) is 18.0. The number of rotatable bonds is 4. The van der Waals surface area contributed by atoms with Crippen LogP contribution in [0.25, 0.3) is 0 Å². The van der Waals surface area contributed by atoms with Gasteiger partial charge in [0.1, 0.15) is 0 Å². The van der Waals surface area contributed by atoms with Crippen molar-refractivity contribution in [2.45, 2.75) is 58.5 Å². The molecule has 0 aromatic carbocycles. The molecule has 0 aliphatic heterocycles. The van der Waals surface area contributed by atoms with Gasteiger partial charge in [-0.2, -0.15) is 0 Å². The zero-order chi connectivity index (χ0) is 8.97. The van der Waals surface area contributed by atoms with Gasteiger partial charge in [0.15, 0.2) is 0 Å². The first kappa shape index (κ1) is 10.0. The Labute approximate surface area is 78.7 Å². The summed E-state index contributed by atoms with van der Waals surface area (Å²) in [5.41, 5.74) is 1.86. The standard InChI is InChI=1S/C11H22Si/c1-4-5-7-10-8-6-9-11(10)12(2)3/h12H,4-9H2,1-3H3. The number of unbranched alkanes of at least 4 members (excludes halogenated alkanes) is 1. The third kappa shape index (κ3) is 2.48. The molecule has 12 heavy (non-hydrogen) atoms. The van der Waals surface area contributed by atoms with E-state index in [1.807, 2.05) is 10.8 Å². The Balaban J connectivity index is 2.51. The summed E-state index contributed by atoms with van der Waals surface area (Å²) in [4.78, 5) is 0. The zero-order valence-corrected chi connectivity index (χ0v) is 9.97. The largest absolute Gasteiger partial charge is 0.0854 e. The Kier molecular flexibility index (Phi) is 4.06. The Morgan fingerprint density at radius 2 is 2.00 bits per heavy atom. The molecule has 0 bridgehead atoms. The highest BCUT2D eigenvalue weighted by Gasteiger charge is 2.16. The number of allylic oxidation sites excluding steroid dienone is 2. The van der Waals surface area contributed by atoms with E-state index < -0.39 is 8.80 Å². The van der Waals surface area contributed by atoms with Crippen LogP contribution in [0, 0.1) is 0 Å². The monoisotopic (exact) mass is 182 g/mol. The van der Waals surface area contributed by atoms with Crippen LogP contribution < -0.4 is 0 Å². The lowest BCUT2D eigenvalue weighted by Crippen LogP contribution is -2.05. The molecular formula is C11H22Si. The first-order valence-electron chi connectivity index (χ1n) is 5.46. The topological polar surface area (TPSA) is 0 Å². The Morgan fingerprint density at radius 1 is 1.25 bits per heavy atom. The molecule has 0 heterocycles. The van der Waals surface area contributed by atoms with E-state index in [9.17, 15) is 0 Å². The molecule has 1 aliphatic carbocycles. The van der Waals surface area contributed by atoms with Crippen LogP contribution in [0.1, 0.15) is 45.4 Å². The van der Waals surface area contributed by atoms with Crippen molar-refractivity contribution in [1.82, 2.24) is 0 Å². The maximum atomic E-state index is 2.48. The highest BCUT2D eigenvalue weighted by Crippen LogP contribution is 2.31. The van der Waals surface area contributed by atoms with E-state index in [2.05, 4.69) is 20.0 Å². The van der Waals surface area contributed by atoms with Gasteiger partial charge in [0.2, 0.25) is 0 Å². The van der Waals surface area contributed by atoms with Gasteiger partial charge < -0.3 is 0 Å². The van der Waals surface area contributed by atoms with Crippen LogP contribution in [0.3, 0.4) is 0 Å². The van der Waals surface area contributed by atoms with Crippen molar-refractivity contribution >= 4 is 8.80 Å². The summed E-state index contributed by atoms with van der Waals surface area (Å²) in [6.07, 6.45) is 8.52. The van der Waals surface area contributed by atoms with Crippen molar-refractivity contribution in [2.75, 3.05) is 0 Å². The predicted molar refractivity (Wildman–Crippen MR) is 59.3 cm³/mol. The van der Waals surface area contributed by atoms with Crippen LogP contribution in [0.4, 0.5) is 0 Å². The van der Waals surface area contributed by atoms with Gasteiger partial charge in [-0.3, -0.25) is 0 Å². The summed E-state index contributed by atoms with van der Waals surface area (Å²) in [6, 6.07) is 0. The third-order valence-electron chi connectivity index (χ3n) is 2.91. The van der Waals surface area contributed by atoms with Crippen LogP contribution >= 0.6 is 0 Å². The molecule has 0 saturated carbocycles. The molecular weight excluding hydrogens is 160 g/mol. The van der Waals surface area contributed by atoms with E-state index in [1.54, 1.807) is 0 Å². The van der Waals surface area contributed by atoms with E-state index in [4.69, 9.17) is 0 Å². The first-order valence-corrected chi connectivity index (χ1v) is 8.35. The lowest BCUT2D eigenvalue weighted by Gasteiger charge is -2.09. The zero-order valence-electron chi connectivity index (χ0n) is 8.82. The highest BCUT2D eigenvalue weighted by atomic mass is 28.3. The van der Waals surface area contributed by atoms with Crippen molar-refractivity contribution in [3.8, 4) is 0 Å². The highest BCUT2D eigenvalue weighted by molar-refractivity contribution is 6.64. The van der Waals surface area contributed by atoms with Gasteiger partial charge in [-0.15, -0.1) is 0 Å². The van der Waals surface area contributed by atoms with Gasteiger partial charge >= 0.3 is 0 Å². The van der Waals surface area contributed by atoms with Crippen molar-refractivity contribution in [1.29, 1.82) is 0 Å². The van der Waals surface area contributed by atoms with Crippen molar-refractivity contribution < 1.29 is 0 Å². The quantitative estimate of drug-likeness (QED) is 0.582. The lowest BCUT2D eigenvalue weighted by molar-refractivity contribution is 0.760. The fraction of sp³-hybridized carbons (Fsp3) is 0.818. The molecule has 0 radical (unpaired) electrons.